The smallest absolute Gasteiger partial charge is 0.290 e. The second-order valence-electron chi connectivity index (χ2n) is 16.2. The van der Waals surface area contributed by atoms with E-state index in [1.807, 2.05) is 42.1 Å². The third-order valence-electron chi connectivity index (χ3n) is 11.3. The summed E-state index contributed by atoms with van der Waals surface area (Å²) in [6, 6.07) is -0.327. The lowest BCUT2D eigenvalue weighted by molar-refractivity contribution is -0.142. The molecule has 1 aromatic carbocycles. The van der Waals surface area contributed by atoms with Crippen LogP contribution in [-0.2, 0) is 61.4 Å². The minimum atomic E-state index is -1.72. The van der Waals surface area contributed by atoms with Gasteiger partial charge in [0.1, 0.15) is 41.3 Å². The molecule has 0 saturated heterocycles. The van der Waals surface area contributed by atoms with E-state index in [0.717, 1.165) is 22.2 Å². The Morgan fingerprint density at radius 1 is 0.970 bits per heavy atom. The fraction of sp³-hybridized carbons (Fsp3) is 0.500. The van der Waals surface area contributed by atoms with Crippen molar-refractivity contribution < 1.29 is 53.0 Å². The van der Waals surface area contributed by atoms with Crippen LogP contribution in [0.25, 0.3) is 17.0 Å². The summed E-state index contributed by atoms with van der Waals surface area (Å²) in [6.45, 7) is 7.02. The van der Waals surface area contributed by atoms with Gasteiger partial charge >= 0.3 is 0 Å². The molecule has 0 saturated carbocycles. The molecule has 0 spiro atoms. The summed E-state index contributed by atoms with van der Waals surface area (Å²) in [4.78, 5) is 125. The molecule has 0 aliphatic carbocycles. The molecule has 1 aliphatic heterocycles. The van der Waals surface area contributed by atoms with Gasteiger partial charge in [-0.15, -0.1) is 11.3 Å². The first-order valence-corrected chi connectivity index (χ1v) is 22.4. The Morgan fingerprint density at radius 3 is 2.38 bits per heavy atom. The van der Waals surface area contributed by atoms with Gasteiger partial charge in [-0.1, -0.05) is 58.7 Å². The molecule has 0 radical (unpaired) electrons. The lowest BCUT2D eigenvalue weighted by Crippen LogP contribution is -2.62. The Balaban J connectivity index is 1.76. The third kappa shape index (κ3) is 14.0. The van der Waals surface area contributed by atoms with E-state index in [1.54, 1.807) is 33.1 Å². The first kappa shape index (κ1) is 52.1. The number of nitrogens with zero attached hydrogens (tertiary/aromatic N) is 2. The second kappa shape index (κ2) is 24.7. The van der Waals surface area contributed by atoms with E-state index in [0.29, 0.717) is 29.1 Å². The van der Waals surface area contributed by atoms with Crippen LogP contribution in [0.15, 0.2) is 41.9 Å². The quantitative estimate of drug-likeness (QED) is 0.0658. The number of Topliss-reactive ketones (excluding diaryl/α,β-unsaturated/α-hetero) is 1. The van der Waals surface area contributed by atoms with Gasteiger partial charge in [0.25, 0.3) is 11.8 Å². The number of nitrogens with one attached hydrogen (secondary N) is 8. The Kier molecular flexibility index (Phi) is 19.5. The molecule has 8 amide bonds. The molecule has 66 heavy (non-hydrogen) atoms. The Labute approximate surface area is 386 Å². The van der Waals surface area contributed by atoms with Crippen LogP contribution in [0.1, 0.15) is 69.8 Å². The van der Waals surface area contributed by atoms with E-state index < -0.39 is 114 Å². The van der Waals surface area contributed by atoms with Crippen molar-refractivity contribution in [3.8, 4) is 0 Å². The van der Waals surface area contributed by atoms with E-state index in [9.17, 15) is 48.3 Å². The van der Waals surface area contributed by atoms with E-state index in [2.05, 4.69) is 47.5 Å². The zero-order chi connectivity index (χ0) is 48.7. The molecule has 4 rings (SSSR count). The third-order valence-corrected chi connectivity index (χ3v) is 12.3. The van der Waals surface area contributed by atoms with Crippen LogP contribution in [0, 0.1) is 11.8 Å². The number of benzene rings is 1. The maximum Gasteiger partial charge on any atom is 0.290 e. The van der Waals surface area contributed by atoms with E-state index in [-0.39, 0.29) is 19.4 Å². The monoisotopic (exact) mass is 936 g/mol. The number of methoxy groups -OCH3 is 1. The van der Waals surface area contributed by atoms with Crippen LogP contribution in [-0.4, -0.2) is 131 Å². The van der Waals surface area contributed by atoms with Crippen molar-refractivity contribution >= 4 is 81.9 Å². The summed E-state index contributed by atoms with van der Waals surface area (Å²) < 4.78 is 7.18. The number of hydrogen-bond donors (Lipinski definition) is 9. The van der Waals surface area contributed by atoms with Crippen LogP contribution in [0.4, 0.5) is 0 Å². The summed E-state index contributed by atoms with van der Waals surface area (Å²) in [5.74, 6) is -8.23. The second-order valence-corrected chi connectivity index (χ2v) is 17.0. The van der Waals surface area contributed by atoms with Crippen molar-refractivity contribution in [2.45, 2.75) is 96.2 Å². The molecule has 9 atom stereocenters. The maximum absolute atomic E-state index is 14.2. The highest BCUT2D eigenvalue weighted by Gasteiger charge is 2.36. The molecular weight excluding hydrogens is 877 g/mol. The first-order chi connectivity index (χ1) is 31.4. The van der Waals surface area contributed by atoms with Crippen molar-refractivity contribution in [2.75, 3.05) is 26.8 Å². The first-order valence-electron chi connectivity index (χ1n) is 21.6. The van der Waals surface area contributed by atoms with Crippen molar-refractivity contribution in [1.82, 2.24) is 52.1 Å². The van der Waals surface area contributed by atoms with Gasteiger partial charge in [0.2, 0.25) is 41.7 Å². The number of rotatable bonds is 15. The zero-order valence-electron chi connectivity index (χ0n) is 38.0. The number of thiazole rings is 1. The average molecular weight is 937 g/mol. The highest BCUT2D eigenvalue weighted by molar-refractivity contribution is 7.09. The molecule has 2 bridgehead atoms. The molecular formula is C44H60N10O11S. The van der Waals surface area contributed by atoms with Gasteiger partial charge < -0.3 is 56.9 Å². The van der Waals surface area contributed by atoms with Gasteiger partial charge in [-0.3, -0.25) is 43.2 Å². The van der Waals surface area contributed by atoms with E-state index in [4.69, 9.17) is 4.74 Å². The van der Waals surface area contributed by atoms with Gasteiger partial charge in [0.15, 0.2) is 0 Å². The number of para-hydroxylation sites is 1. The van der Waals surface area contributed by atoms with Crippen LogP contribution >= 0.6 is 11.3 Å². The van der Waals surface area contributed by atoms with E-state index >= 15 is 0 Å². The molecule has 3 heterocycles. The van der Waals surface area contributed by atoms with Gasteiger partial charge in [-0.25, -0.2) is 4.98 Å². The summed E-state index contributed by atoms with van der Waals surface area (Å²) in [5.41, 5.74) is 1.91. The molecule has 2 unspecified atom stereocenters. The number of carbonyl (C=O) groups is 9. The van der Waals surface area contributed by atoms with Gasteiger partial charge in [-0.05, 0) is 36.5 Å². The number of aliphatic hydroxyl groups excluding tert-OH is 1. The largest absolute Gasteiger partial charge is 0.382 e. The molecule has 2 aromatic heterocycles. The number of carbonyl (C=O) groups excluding carboxylic acids is 9. The predicted octanol–water partition coefficient (Wildman–Crippen LogP) is -0.964. The highest BCUT2D eigenvalue weighted by atomic mass is 32.1. The predicted molar refractivity (Wildman–Crippen MR) is 243 cm³/mol. The number of ether oxygens (including phenoxy) is 1. The average Bonchev–Trinajstić information content (AvgIpc) is 3.91. The van der Waals surface area contributed by atoms with Gasteiger partial charge in [0, 0.05) is 55.7 Å². The van der Waals surface area contributed by atoms with Gasteiger partial charge in [-0.2, -0.15) is 0 Å². The van der Waals surface area contributed by atoms with Gasteiger partial charge in [0.05, 0.1) is 24.9 Å². The Bertz CT molecular complexity index is 2280. The van der Waals surface area contributed by atoms with Crippen LogP contribution in [0.3, 0.4) is 0 Å². The number of ketones is 1. The minimum Gasteiger partial charge on any atom is -0.382 e. The van der Waals surface area contributed by atoms with E-state index in [1.165, 1.54) is 26.2 Å². The van der Waals surface area contributed by atoms with Crippen LogP contribution in [0.2, 0.25) is 0 Å². The molecule has 21 nitrogen and oxygen atoms in total. The minimum absolute atomic E-state index is 0.00802. The molecule has 3 aromatic rings. The number of fused-ring (bicyclic) bond motifs is 3. The summed E-state index contributed by atoms with van der Waals surface area (Å²) >= 11 is 1.14. The maximum atomic E-state index is 14.2. The fourth-order valence-electron chi connectivity index (χ4n) is 7.01. The number of hydrogen-bond acceptors (Lipinski definition) is 13. The number of aromatic nitrogens is 2. The molecule has 0 fully saturated rings. The Hall–Kier alpha value is -6.52. The SMILES string of the molecule is CCC(C)[C@H](NC(=O)[C@H](O)CNC=O)C(=O)N[C@H]1CNC(=O)[C@@H](Cc2cn(C)c3ccccc23)NC(=O)/C=C/c2csc(n2)[C@H](COC)NC(=O)C(=O)[C@H](C(C)CC)NC(=O)[C@H](C)NC1=O. The van der Waals surface area contributed by atoms with Crippen LogP contribution in [0.5, 0.6) is 0 Å². The molecule has 9 N–H and O–H groups in total. The van der Waals surface area contributed by atoms with Crippen LogP contribution < -0.4 is 42.5 Å². The Morgan fingerprint density at radius 2 is 1.70 bits per heavy atom. The zero-order valence-corrected chi connectivity index (χ0v) is 38.8. The standard InChI is InChI=1S/C44H60N10O11S/c1-8-23(3)35-37(58)43(64)51-31(20-65-7)44-48-27(21-66-44)14-15-34(57)49-29(16-26-19-54(6)32-13-11-10-12-28(26)32)39(60)46-17-30(40(61)47-25(5)38(59)52-35)50-42(63)36(24(4)9-2)53-41(62)33(56)18-45-22-55/h10-15,19,21-25,29-31,33,35-36,56H,8-9,16-18,20H2,1-7H3,(H,45,55)(H,46,60)(H,47,61)(H,49,57)(H,50,63)(H,51,64)(H,52,59)(H,53,62)/b15-14+/t23?,24?,25-,29+,30-,31-,33+,35-,36-/m0/s1. The highest BCUT2D eigenvalue weighted by Crippen LogP contribution is 2.23. The molecule has 358 valence electrons. The van der Waals surface area contributed by atoms with Crippen molar-refractivity contribution in [2.24, 2.45) is 18.9 Å². The summed E-state index contributed by atoms with van der Waals surface area (Å²) in [5, 5.41) is 33.4. The fourth-order valence-corrected chi connectivity index (χ4v) is 7.83. The molecule has 22 heteroatoms. The normalized spacial score (nSPS) is 22.6. The number of amides is 8. The lowest BCUT2D eigenvalue weighted by Gasteiger charge is -2.29. The lowest BCUT2D eigenvalue weighted by atomic mass is 9.94. The molecule has 1 aliphatic rings. The summed E-state index contributed by atoms with van der Waals surface area (Å²) in [6.07, 6.45) is 3.68. The number of aliphatic hydroxyl groups is 1. The van der Waals surface area contributed by atoms with Crippen molar-refractivity contribution in [3.63, 3.8) is 0 Å². The van der Waals surface area contributed by atoms with Crippen molar-refractivity contribution in [1.29, 1.82) is 0 Å². The summed E-state index contributed by atoms with van der Waals surface area (Å²) in [7, 11) is 3.24. The number of aryl methyl sites for hydroxylation is 1. The topological polar surface area (TPSA) is 297 Å². The van der Waals surface area contributed by atoms with Crippen molar-refractivity contribution in [3.05, 3.63) is 58.2 Å².